The Hall–Kier alpha value is -1.89. The van der Waals surface area contributed by atoms with Gasteiger partial charge in [0, 0.05) is 42.9 Å². The van der Waals surface area contributed by atoms with E-state index in [9.17, 15) is 4.79 Å². The molecule has 1 saturated carbocycles. The minimum atomic E-state index is -0.458. The monoisotopic (exact) mass is 390 g/mol. The van der Waals surface area contributed by atoms with Crippen LogP contribution in [0.1, 0.15) is 37.7 Å². The van der Waals surface area contributed by atoms with Gasteiger partial charge in [0.25, 0.3) is 0 Å². The minimum Gasteiger partial charge on any atom is -0.453 e. The van der Waals surface area contributed by atoms with E-state index in [0.29, 0.717) is 11.3 Å². The number of nitrogens with one attached hydrogen (secondary N) is 2. The van der Waals surface area contributed by atoms with Gasteiger partial charge in [0.2, 0.25) is 0 Å². The molecule has 2 fully saturated rings. The molecule has 0 atom stereocenters. The fourth-order valence-corrected chi connectivity index (χ4v) is 5.48. The molecule has 1 aromatic carbocycles. The molecular weight excluding hydrogens is 360 g/mol. The second-order valence-electron chi connectivity index (χ2n) is 7.23. The van der Waals surface area contributed by atoms with Gasteiger partial charge in [0.05, 0.1) is 7.11 Å². The van der Waals surface area contributed by atoms with E-state index in [1.54, 1.807) is 0 Å². The van der Waals surface area contributed by atoms with Gasteiger partial charge >= 0.3 is 6.09 Å². The summed E-state index contributed by atoms with van der Waals surface area (Å²) >= 11 is 2.17. The van der Waals surface area contributed by atoms with E-state index in [4.69, 9.17) is 0 Å². The van der Waals surface area contributed by atoms with Crippen molar-refractivity contribution in [3.8, 4) is 0 Å². The summed E-state index contributed by atoms with van der Waals surface area (Å²) in [6.45, 7) is 2.86. The number of ether oxygens (including phenoxy) is 1. The number of guanidine groups is 1. The number of nitrogens with zero attached hydrogens (tertiary/aromatic N) is 2. The SMILES string of the molecule is CN=C(NCc1ccc(NC(=O)OC)cc1)N1CCSC2(CCCCC2)C1. The molecule has 1 aliphatic carbocycles. The van der Waals surface area contributed by atoms with Crippen LogP contribution in [0.3, 0.4) is 0 Å². The average molecular weight is 391 g/mol. The van der Waals surface area contributed by atoms with Crippen LogP contribution >= 0.6 is 11.8 Å². The Balaban J connectivity index is 1.55. The lowest BCUT2D eigenvalue weighted by molar-refractivity contribution is 0.187. The predicted octanol–water partition coefficient (Wildman–Crippen LogP) is 3.69. The lowest BCUT2D eigenvalue weighted by Gasteiger charge is -2.45. The number of anilines is 1. The zero-order chi connectivity index (χ0) is 19.1. The zero-order valence-electron chi connectivity index (χ0n) is 16.3. The number of aliphatic imine (C=N–C) groups is 1. The maximum atomic E-state index is 11.3. The summed E-state index contributed by atoms with van der Waals surface area (Å²) < 4.78 is 5.03. The molecule has 1 aliphatic heterocycles. The van der Waals surface area contributed by atoms with Gasteiger partial charge in [-0.15, -0.1) is 0 Å². The van der Waals surface area contributed by atoms with Crippen molar-refractivity contribution in [1.29, 1.82) is 0 Å². The zero-order valence-corrected chi connectivity index (χ0v) is 17.1. The van der Waals surface area contributed by atoms with Crippen molar-refractivity contribution < 1.29 is 9.53 Å². The number of hydrogen-bond acceptors (Lipinski definition) is 4. The number of thioether (sulfide) groups is 1. The standard InChI is InChI=1S/C20H30N4O2S/c1-21-18(24-12-13-27-20(15-24)10-4-3-5-11-20)22-14-16-6-8-17(9-7-16)23-19(25)26-2/h6-9H,3-5,10-15H2,1-2H3,(H,21,22)(H,23,25). The predicted molar refractivity (Wildman–Crippen MR) is 113 cm³/mol. The highest BCUT2D eigenvalue weighted by Crippen LogP contribution is 2.42. The first-order valence-electron chi connectivity index (χ1n) is 9.68. The van der Waals surface area contributed by atoms with E-state index in [1.165, 1.54) is 45.0 Å². The Bertz CT molecular complexity index is 651. The van der Waals surface area contributed by atoms with Crippen LogP contribution in [0.2, 0.25) is 0 Å². The van der Waals surface area contributed by atoms with Crippen LogP contribution in [0.15, 0.2) is 29.3 Å². The highest BCUT2D eigenvalue weighted by Gasteiger charge is 2.38. The van der Waals surface area contributed by atoms with Gasteiger partial charge in [-0.2, -0.15) is 11.8 Å². The summed E-state index contributed by atoms with van der Waals surface area (Å²) in [6, 6.07) is 7.76. The van der Waals surface area contributed by atoms with Crippen molar-refractivity contribution >= 4 is 29.5 Å². The molecule has 2 aliphatic rings. The van der Waals surface area contributed by atoms with Crippen molar-refractivity contribution in [2.45, 2.75) is 43.4 Å². The summed E-state index contributed by atoms with van der Waals surface area (Å²) in [6.07, 6.45) is 6.31. The highest BCUT2D eigenvalue weighted by atomic mass is 32.2. The molecule has 1 amide bonds. The van der Waals surface area contributed by atoms with Gasteiger partial charge in [-0.1, -0.05) is 31.4 Å². The number of amides is 1. The molecule has 0 bridgehead atoms. The third kappa shape index (κ3) is 5.31. The third-order valence-electron chi connectivity index (χ3n) is 5.36. The van der Waals surface area contributed by atoms with Crippen LogP contribution < -0.4 is 10.6 Å². The Kier molecular flexibility index (Phi) is 6.88. The van der Waals surface area contributed by atoms with Crippen molar-refractivity contribution in [3.63, 3.8) is 0 Å². The van der Waals surface area contributed by atoms with Crippen molar-refractivity contribution in [2.24, 2.45) is 4.99 Å². The summed E-state index contributed by atoms with van der Waals surface area (Å²) in [7, 11) is 3.22. The minimum absolute atomic E-state index is 0.426. The molecule has 3 rings (SSSR count). The normalized spacial score (nSPS) is 19.6. The molecule has 0 radical (unpaired) electrons. The van der Waals surface area contributed by atoms with Crippen molar-refractivity contribution in [2.75, 3.05) is 38.3 Å². The van der Waals surface area contributed by atoms with Gasteiger partial charge in [0.15, 0.2) is 5.96 Å². The van der Waals surface area contributed by atoms with Crippen LogP contribution in [0.4, 0.5) is 10.5 Å². The Morgan fingerprint density at radius 2 is 2.00 bits per heavy atom. The molecule has 1 heterocycles. The van der Waals surface area contributed by atoms with Crippen molar-refractivity contribution in [3.05, 3.63) is 29.8 Å². The number of carbonyl (C=O) groups excluding carboxylic acids is 1. The van der Waals surface area contributed by atoms with Gasteiger partial charge in [0.1, 0.15) is 0 Å². The molecular formula is C20H30N4O2S. The molecule has 7 heteroatoms. The summed E-state index contributed by atoms with van der Waals surface area (Å²) in [5, 5.41) is 6.17. The molecule has 2 N–H and O–H groups in total. The molecule has 0 unspecified atom stereocenters. The van der Waals surface area contributed by atoms with Gasteiger partial charge < -0.3 is 15.0 Å². The Morgan fingerprint density at radius 3 is 2.67 bits per heavy atom. The largest absolute Gasteiger partial charge is 0.453 e. The first kappa shape index (κ1) is 19.9. The van der Waals surface area contributed by atoms with Gasteiger partial charge in [-0.3, -0.25) is 10.3 Å². The molecule has 1 saturated heterocycles. The van der Waals surface area contributed by atoms with E-state index in [2.05, 4.69) is 37.0 Å². The second-order valence-corrected chi connectivity index (χ2v) is 8.79. The average Bonchev–Trinajstić information content (AvgIpc) is 2.70. The lowest BCUT2D eigenvalue weighted by Crippen LogP contribution is -2.53. The second kappa shape index (κ2) is 9.35. The summed E-state index contributed by atoms with van der Waals surface area (Å²) in [4.78, 5) is 18.2. The maximum Gasteiger partial charge on any atom is 0.411 e. The molecule has 1 aromatic rings. The number of benzene rings is 1. The van der Waals surface area contributed by atoms with E-state index in [-0.39, 0.29) is 0 Å². The smallest absolute Gasteiger partial charge is 0.411 e. The Morgan fingerprint density at radius 1 is 1.26 bits per heavy atom. The first-order valence-corrected chi connectivity index (χ1v) is 10.7. The lowest BCUT2D eigenvalue weighted by atomic mass is 9.87. The quantitative estimate of drug-likeness (QED) is 0.609. The van der Waals surface area contributed by atoms with Crippen LogP contribution in [-0.2, 0) is 11.3 Å². The number of rotatable bonds is 3. The number of hydrogen-bond donors (Lipinski definition) is 2. The summed E-state index contributed by atoms with van der Waals surface area (Å²) in [5.74, 6) is 2.16. The number of carbonyl (C=O) groups is 1. The topological polar surface area (TPSA) is 66.0 Å². The summed E-state index contributed by atoms with van der Waals surface area (Å²) in [5.41, 5.74) is 1.87. The number of methoxy groups -OCH3 is 1. The van der Waals surface area contributed by atoms with E-state index < -0.39 is 6.09 Å². The van der Waals surface area contributed by atoms with E-state index >= 15 is 0 Å². The third-order valence-corrected chi connectivity index (χ3v) is 6.90. The van der Waals surface area contributed by atoms with Gasteiger partial charge in [-0.25, -0.2) is 4.79 Å². The fraction of sp³-hybridized carbons (Fsp3) is 0.600. The molecule has 0 aromatic heterocycles. The fourth-order valence-electron chi connectivity index (χ4n) is 3.91. The van der Waals surface area contributed by atoms with Crippen LogP contribution in [0.5, 0.6) is 0 Å². The molecule has 148 valence electrons. The van der Waals surface area contributed by atoms with Crippen LogP contribution in [-0.4, -0.2) is 54.7 Å². The van der Waals surface area contributed by atoms with E-state index in [1.807, 2.05) is 31.3 Å². The molecule has 6 nitrogen and oxygen atoms in total. The van der Waals surface area contributed by atoms with Crippen LogP contribution in [0.25, 0.3) is 0 Å². The molecule has 1 spiro atoms. The molecule has 27 heavy (non-hydrogen) atoms. The van der Waals surface area contributed by atoms with Crippen LogP contribution in [0, 0.1) is 0 Å². The maximum absolute atomic E-state index is 11.3. The first-order chi connectivity index (χ1) is 13.1. The Labute approximate surface area is 166 Å². The van der Waals surface area contributed by atoms with Gasteiger partial charge in [-0.05, 0) is 30.5 Å². The highest BCUT2D eigenvalue weighted by molar-refractivity contribution is 8.00. The van der Waals surface area contributed by atoms with Crippen molar-refractivity contribution in [1.82, 2.24) is 10.2 Å². The van der Waals surface area contributed by atoms with E-state index in [0.717, 1.165) is 30.3 Å².